The topological polar surface area (TPSA) is 24.7 Å². The minimum absolute atomic E-state index is 0. The standard InChI is InChI=1S/C2H3N2.K/c1-3-4-2;/h1H,2H2;/q-1;+1/i1D;. The molecule has 0 amide bonds. The Kier molecular flexibility index (Phi) is 10.6. The van der Waals surface area contributed by atoms with Gasteiger partial charge in [0.05, 0.1) is 0 Å². The summed E-state index contributed by atoms with van der Waals surface area (Å²) in [7, 11) is 0. The van der Waals surface area contributed by atoms with E-state index in [0.29, 0.717) is 0 Å². The summed E-state index contributed by atoms with van der Waals surface area (Å²) in [5, 5.41) is 5.83. The van der Waals surface area contributed by atoms with Gasteiger partial charge in [-0.2, -0.15) is 1.37 Å². The van der Waals surface area contributed by atoms with Crippen molar-refractivity contribution in [3.05, 3.63) is 0 Å². The van der Waals surface area contributed by atoms with Gasteiger partial charge < -0.3 is 11.8 Å². The summed E-state index contributed by atoms with van der Waals surface area (Å²) < 4.78 is 6.05. The summed E-state index contributed by atoms with van der Waals surface area (Å²) in [6.45, 7) is 4.61. The van der Waals surface area contributed by atoms with Crippen LogP contribution >= 0.6 is 0 Å². The minimum atomic E-state index is 0. The third-order valence-electron chi connectivity index (χ3n) is 0.0707. The molecule has 3 heteroatoms. The van der Waals surface area contributed by atoms with Crippen LogP contribution in [0.5, 0.6) is 0 Å². The SMILES string of the molecule is [2H][C-]=NN=C.[K+]. The van der Waals surface area contributed by atoms with Crippen LogP contribution in [0.15, 0.2) is 10.2 Å². The molecule has 0 saturated carbocycles. The van der Waals surface area contributed by atoms with E-state index in [2.05, 4.69) is 16.9 Å². The van der Waals surface area contributed by atoms with E-state index in [1.165, 1.54) is 0 Å². The molecule has 0 aromatic heterocycles. The van der Waals surface area contributed by atoms with E-state index in [-0.39, 0.29) is 51.4 Å². The predicted octanol–water partition coefficient (Wildman–Crippen LogP) is -2.82. The van der Waals surface area contributed by atoms with Gasteiger partial charge in [-0.05, 0) is 0 Å². The summed E-state index contributed by atoms with van der Waals surface area (Å²) in [5.74, 6) is 0. The van der Waals surface area contributed by atoms with E-state index in [1.54, 1.807) is 6.69 Å². The Morgan fingerprint density at radius 3 is 2.60 bits per heavy atom. The molecule has 0 aliphatic heterocycles. The van der Waals surface area contributed by atoms with Gasteiger partial charge in [0.1, 0.15) is 0 Å². The summed E-state index contributed by atoms with van der Waals surface area (Å²) in [4.78, 5) is 0. The second-order valence-corrected chi connectivity index (χ2v) is 0.241. The van der Waals surface area contributed by atoms with Crippen molar-refractivity contribution in [3.63, 3.8) is 0 Å². The molecule has 0 rings (SSSR count). The van der Waals surface area contributed by atoms with Crippen LogP contribution in [0.4, 0.5) is 0 Å². The minimum Gasteiger partial charge on any atom is -0.385 e. The zero-order valence-electron chi connectivity index (χ0n) is 4.10. The Balaban J connectivity index is 0. The summed E-state index contributed by atoms with van der Waals surface area (Å²) in [6.07, 6.45) is 0. The van der Waals surface area contributed by atoms with E-state index in [1.807, 2.05) is 0 Å². The third-order valence-corrected chi connectivity index (χ3v) is 0.0707. The quantitative estimate of drug-likeness (QED) is 0.145. The molecule has 0 aromatic rings. The molecule has 0 saturated heterocycles. The molecule has 0 N–H and O–H groups in total. The number of hydrogen-bond acceptors (Lipinski definition) is 2. The van der Waals surface area contributed by atoms with Gasteiger partial charge in [0.15, 0.2) is 0 Å². The predicted molar refractivity (Wildman–Crippen MR) is 18.0 cm³/mol. The van der Waals surface area contributed by atoms with Crippen molar-refractivity contribution in [3.8, 4) is 0 Å². The average Bonchev–Trinajstić information content (AvgIpc) is 1.41. The zero-order chi connectivity index (χ0) is 4.12. The van der Waals surface area contributed by atoms with Crippen LogP contribution in [0.2, 0.25) is 0 Å². The molecule has 0 heterocycles. The molecule has 0 atom stereocenters. The first-order valence-electron chi connectivity index (χ1n) is 1.24. The van der Waals surface area contributed by atoms with Gasteiger partial charge in [0, 0.05) is 6.72 Å². The average molecular weight is 95.2 g/mol. The first-order chi connectivity index (χ1) is 2.41. The van der Waals surface area contributed by atoms with Crippen LogP contribution in [0.1, 0.15) is 1.37 Å². The van der Waals surface area contributed by atoms with E-state index < -0.39 is 0 Å². The van der Waals surface area contributed by atoms with E-state index in [4.69, 9.17) is 1.37 Å². The van der Waals surface area contributed by atoms with Crippen LogP contribution in [-0.2, 0) is 0 Å². The van der Waals surface area contributed by atoms with Crippen molar-refractivity contribution in [2.75, 3.05) is 0 Å². The molecule has 0 radical (unpaired) electrons. The smallest absolute Gasteiger partial charge is 0.385 e. The van der Waals surface area contributed by atoms with E-state index in [0.717, 1.165) is 0 Å². The Morgan fingerprint density at radius 1 is 2.00 bits per heavy atom. The molecule has 22 valence electrons. The van der Waals surface area contributed by atoms with Crippen molar-refractivity contribution in [2.45, 2.75) is 0 Å². The monoisotopic (exact) mass is 95.0 g/mol. The third kappa shape index (κ3) is 11.3. The largest absolute Gasteiger partial charge is 1.00 e. The molecule has 0 aromatic carbocycles. The van der Waals surface area contributed by atoms with Gasteiger partial charge >= 0.3 is 51.4 Å². The molecule has 0 bridgehead atoms. The van der Waals surface area contributed by atoms with Gasteiger partial charge in [-0.25, -0.2) is 5.10 Å². The Hall–Kier alpha value is 0.976. The van der Waals surface area contributed by atoms with Crippen LogP contribution in [0.3, 0.4) is 0 Å². The second-order valence-electron chi connectivity index (χ2n) is 0.241. The van der Waals surface area contributed by atoms with Crippen LogP contribution in [-0.4, -0.2) is 13.4 Å². The molecule has 0 spiro atoms. The van der Waals surface area contributed by atoms with Crippen molar-refractivity contribution in [2.24, 2.45) is 10.2 Å². The molecule has 0 aliphatic rings. The Labute approximate surface area is 75.2 Å². The van der Waals surface area contributed by atoms with Crippen LogP contribution < -0.4 is 51.4 Å². The number of nitrogens with zero attached hydrogens (tertiary/aromatic N) is 2. The van der Waals surface area contributed by atoms with Crippen LogP contribution in [0, 0.1) is 0 Å². The number of rotatable bonds is 1. The molecule has 2 nitrogen and oxygen atoms in total. The fourth-order valence-electron chi connectivity index (χ4n) is 0. The molecular formula is C2H3KN2. The number of hydrogen-bond donors (Lipinski definition) is 0. The van der Waals surface area contributed by atoms with Crippen LogP contribution in [0.25, 0.3) is 0 Å². The van der Waals surface area contributed by atoms with Crippen molar-refractivity contribution < 1.29 is 52.8 Å². The Bertz CT molecular complexity index is 53.5. The van der Waals surface area contributed by atoms with E-state index in [9.17, 15) is 0 Å². The molecule has 0 fully saturated rings. The fraction of sp³-hybridized carbons (Fsp3) is 0. The second kappa shape index (κ2) is 8.88. The molecule has 0 unspecified atom stereocenters. The van der Waals surface area contributed by atoms with Gasteiger partial charge in [-0.1, -0.05) is 0 Å². The fourth-order valence-corrected chi connectivity index (χ4v) is 0. The summed E-state index contributed by atoms with van der Waals surface area (Å²) in [6, 6.07) is 0. The normalized spacial score (nSPS) is 9.20. The van der Waals surface area contributed by atoms with Gasteiger partial charge in [0.2, 0.25) is 0 Å². The first kappa shape index (κ1) is 5.98. The Morgan fingerprint density at radius 2 is 2.60 bits per heavy atom. The maximum absolute atomic E-state index is 6.05. The van der Waals surface area contributed by atoms with Gasteiger partial charge in [-0.15, -0.1) is 0 Å². The summed E-state index contributed by atoms with van der Waals surface area (Å²) >= 11 is 0. The molecule has 5 heavy (non-hydrogen) atoms. The van der Waals surface area contributed by atoms with Gasteiger partial charge in [-0.3, -0.25) is 0 Å². The van der Waals surface area contributed by atoms with Gasteiger partial charge in [0.25, 0.3) is 0 Å². The van der Waals surface area contributed by atoms with Crippen molar-refractivity contribution in [1.82, 2.24) is 0 Å². The molecular weight excluding hydrogens is 91.1 g/mol. The van der Waals surface area contributed by atoms with Crippen molar-refractivity contribution in [1.29, 1.82) is 0 Å². The summed E-state index contributed by atoms with van der Waals surface area (Å²) in [5.41, 5.74) is 0. The van der Waals surface area contributed by atoms with Crippen molar-refractivity contribution >= 4 is 13.4 Å². The van der Waals surface area contributed by atoms with E-state index >= 15 is 0 Å². The maximum Gasteiger partial charge on any atom is 1.00 e. The molecule has 0 aliphatic carbocycles. The maximum atomic E-state index is 6.05. The first-order valence-corrected chi connectivity index (χ1v) is 0.740. The zero-order valence-corrected chi connectivity index (χ0v) is 6.22.